The highest BCUT2D eigenvalue weighted by molar-refractivity contribution is 5.59. The molecule has 1 heterocycles. The van der Waals surface area contributed by atoms with Crippen LogP contribution in [0.2, 0.25) is 0 Å². The lowest BCUT2D eigenvalue weighted by molar-refractivity contribution is 0.501. The molecule has 1 unspecified atom stereocenters. The molecule has 1 atom stereocenters. The maximum Gasteiger partial charge on any atom is 0.159 e. The lowest BCUT2D eigenvalue weighted by Gasteiger charge is -2.14. The van der Waals surface area contributed by atoms with Gasteiger partial charge in [-0.25, -0.2) is 8.78 Å². The minimum atomic E-state index is -0.797. The van der Waals surface area contributed by atoms with Crippen LogP contribution in [0.4, 0.5) is 8.78 Å². The summed E-state index contributed by atoms with van der Waals surface area (Å²) in [7, 11) is 1.94. The van der Waals surface area contributed by atoms with Gasteiger partial charge >= 0.3 is 0 Å². The van der Waals surface area contributed by atoms with Crippen molar-refractivity contribution in [3.8, 4) is 11.3 Å². The monoisotopic (exact) mass is 369 g/mol. The topological polar surface area (TPSA) is 29.9 Å². The van der Waals surface area contributed by atoms with E-state index in [1.165, 1.54) is 17.7 Å². The van der Waals surface area contributed by atoms with Crippen LogP contribution in [-0.4, -0.2) is 22.4 Å². The van der Waals surface area contributed by atoms with Gasteiger partial charge in [-0.2, -0.15) is 5.10 Å². The van der Waals surface area contributed by atoms with Gasteiger partial charge in [-0.05, 0) is 67.6 Å². The van der Waals surface area contributed by atoms with Crippen molar-refractivity contribution in [2.24, 2.45) is 7.05 Å². The zero-order valence-electron chi connectivity index (χ0n) is 15.8. The van der Waals surface area contributed by atoms with Crippen molar-refractivity contribution >= 4 is 0 Å². The first-order chi connectivity index (χ1) is 13.0. The van der Waals surface area contributed by atoms with Gasteiger partial charge in [-0.15, -0.1) is 0 Å². The minimum Gasteiger partial charge on any atom is -0.314 e. The number of aromatic nitrogens is 2. The van der Waals surface area contributed by atoms with Gasteiger partial charge in [-0.3, -0.25) is 4.68 Å². The molecule has 1 aromatic heterocycles. The van der Waals surface area contributed by atoms with Crippen LogP contribution in [0.3, 0.4) is 0 Å². The van der Waals surface area contributed by atoms with E-state index in [9.17, 15) is 8.78 Å². The Morgan fingerprint density at radius 3 is 2.41 bits per heavy atom. The summed E-state index contributed by atoms with van der Waals surface area (Å²) in [6, 6.07) is 14.9. The largest absolute Gasteiger partial charge is 0.314 e. The minimum absolute atomic E-state index is 0.210. The molecule has 0 amide bonds. The second-order valence-electron chi connectivity index (χ2n) is 6.95. The number of hydrogen-bond donors (Lipinski definition) is 1. The summed E-state index contributed by atoms with van der Waals surface area (Å²) in [5.41, 5.74) is 4.38. The highest BCUT2D eigenvalue weighted by Crippen LogP contribution is 2.19. The molecule has 0 saturated heterocycles. The molecule has 142 valence electrons. The normalized spacial score (nSPS) is 12.3. The average Bonchev–Trinajstić information content (AvgIpc) is 3.08. The second-order valence-corrected chi connectivity index (χ2v) is 6.95. The van der Waals surface area contributed by atoms with Gasteiger partial charge in [0.05, 0.1) is 5.69 Å². The van der Waals surface area contributed by atoms with Crippen molar-refractivity contribution in [1.82, 2.24) is 15.1 Å². The van der Waals surface area contributed by atoms with Crippen LogP contribution in [0.15, 0.2) is 54.7 Å². The Morgan fingerprint density at radius 1 is 1.00 bits per heavy atom. The fourth-order valence-corrected chi connectivity index (χ4v) is 3.23. The fourth-order valence-electron chi connectivity index (χ4n) is 3.23. The third-order valence-corrected chi connectivity index (χ3v) is 4.73. The Balaban J connectivity index is 1.42. The molecule has 5 heteroatoms. The molecule has 0 bridgehead atoms. The third kappa shape index (κ3) is 5.23. The molecule has 0 fully saturated rings. The van der Waals surface area contributed by atoms with Gasteiger partial charge in [-0.1, -0.05) is 30.3 Å². The first kappa shape index (κ1) is 19.2. The van der Waals surface area contributed by atoms with Crippen molar-refractivity contribution in [2.45, 2.75) is 32.2 Å². The predicted molar refractivity (Wildman–Crippen MR) is 104 cm³/mol. The van der Waals surface area contributed by atoms with Gasteiger partial charge in [0.1, 0.15) is 0 Å². The van der Waals surface area contributed by atoms with E-state index < -0.39 is 11.6 Å². The Labute approximate surface area is 159 Å². The first-order valence-corrected chi connectivity index (χ1v) is 9.27. The Morgan fingerprint density at radius 2 is 1.74 bits per heavy atom. The summed E-state index contributed by atoms with van der Waals surface area (Å²) in [4.78, 5) is 0. The van der Waals surface area contributed by atoms with E-state index in [-0.39, 0.29) is 6.04 Å². The summed E-state index contributed by atoms with van der Waals surface area (Å²) in [6.07, 6.45) is 4.50. The summed E-state index contributed by atoms with van der Waals surface area (Å²) in [5.74, 6) is -1.58. The van der Waals surface area contributed by atoms with Gasteiger partial charge in [0, 0.05) is 19.3 Å². The summed E-state index contributed by atoms with van der Waals surface area (Å²) in [6.45, 7) is 2.94. The number of halogens is 2. The smallest absolute Gasteiger partial charge is 0.159 e. The van der Waals surface area contributed by atoms with Crippen molar-refractivity contribution in [3.05, 3.63) is 77.5 Å². The second kappa shape index (κ2) is 8.91. The molecule has 3 nitrogen and oxygen atoms in total. The molecule has 2 aromatic carbocycles. The zero-order valence-corrected chi connectivity index (χ0v) is 15.8. The molecule has 0 aliphatic rings. The molecular weight excluding hydrogens is 344 g/mol. The van der Waals surface area contributed by atoms with E-state index in [2.05, 4.69) is 41.6 Å². The van der Waals surface area contributed by atoms with E-state index in [0.717, 1.165) is 36.2 Å². The maximum atomic E-state index is 13.3. The molecule has 27 heavy (non-hydrogen) atoms. The number of nitrogens with zero attached hydrogens (tertiary/aromatic N) is 2. The van der Waals surface area contributed by atoms with Crippen molar-refractivity contribution < 1.29 is 8.78 Å². The lowest BCUT2D eigenvalue weighted by Crippen LogP contribution is -2.29. The standard InChI is InChI=1S/C22H25F2N3/c1-16(14-18-7-10-20(23)21(24)15-18)25-12-3-4-17-5-8-19(9-6-17)22-11-13-26-27(22)2/h5-11,13,15-16,25H,3-4,12,14H2,1-2H3. The predicted octanol–water partition coefficient (Wildman–Crippen LogP) is 4.52. The van der Waals surface area contributed by atoms with E-state index in [0.29, 0.717) is 6.42 Å². The SMILES string of the molecule is CC(Cc1ccc(F)c(F)c1)NCCCc1ccc(-c2ccnn2C)cc1. The highest BCUT2D eigenvalue weighted by atomic mass is 19.2. The van der Waals surface area contributed by atoms with Crippen molar-refractivity contribution in [3.63, 3.8) is 0 Å². The van der Waals surface area contributed by atoms with Crippen molar-refractivity contribution in [2.75, 3.05) is 6.54 Å². The summed E-state index contributed by atoms with van der Waals surface area (Å²) in [5, 5.41) is 7.65. The third-order valence-electron chi connectivity index (χ3n) is 4.73. The number of benzene rings is 2. The Kier molecular flexibility index (Phi) is 6.35. The van der Waals surface area contributed by atoms with E-state index in [1.807, 2.05) is 17.8 Å². The van der Waals surface area contributed by atoms with Crippen LogP contribution in [0, 0.1) is 11.6 Å². The molecular formula is C22H25F2N3. The van der Waals surface area contributed by atoms with E-state index >= 15 is 0 Å². The maximum absolute atomic E-state index is 13.3. The first-order valence-electron chi connectivity index (χ1n) is 9.27. The quantitative estimate of drug-likeness (QED) is 0.592. The summed E-state index contributed by atoms with van der Waals surface area (Å²) < 4.78 is 28.1. The van der Waals surface area contributed by atoms with Gasteiger partial charge < -0.3 is 5.32 Å². The molecule has 0 radical (unpaired) electrons. The van der Waals surface area contributed by atoms with Crippen LogP contribution < -0.4 is 5.32 Å². The number of hydrogen-bond acceptors (Lipinski definition) is 2. The van der Waals surface area contributed by atoms with Crippen LogP contribution >= 0.6 is 0 Å². The van der Waals surface area contributed by atoms with Crippen LogP contribution in [0.5, 0.6) is 0 Å². The van der Waals surface area contributed by atoms with Crippen molar-refractivity contribution in [1.29, 1.82) is 0 Å². The Hall–Kier alpha value is -2.53. The molecule has 1 N–H and O–H groups in total. The van der Waals surface area contributed by atoms with Crippen LogP contribution in [0.25, 0.3) is 11.3 Å². The highest BCUT2D eigenvalue weighted by Gasteiger charge is 2.07. The van der Waals surface area contributed by atoms with Crippen LogP contribution in [-0.2, 0) is 19.9 Å². The molecule has 3 rings (SSSR count). The Bertz CT molecular complexity index is 872. The van der Waals surface area contributed by atoms with E-state index in [4.69, 9.17) is 0 Å². The summed E-state index contributed by atoms with van der Waals surface area (Å²) >= 11 is 0. The molecule has 0 aliphatic heterocycles. The number of aryl methyl sites for hydroxylation is 2. The molecule has 3 aromatic rings. The fraction of sp³-hybridized carbons (Fsp3) is 0.318. The van der Waals surface area contributed by atoms with Gasteiger partial charge in [0.25, 0.3) is 0 Å². The zero-order chi connectivity index (χ0) is 19.2. The number of nitrogens with one attached hydrogen (secondary N) is 1. The van der Waals surface area contributed by atoms with Gasteiger partial charge in [0.15, 0.2) is 11.6 Å². The van der Waals surface area contributed by atoms with E-state index in [1.54, 1.807) is 12.3 Å². The molecule has 0 spiro atoms. The molecule has 0 aliphatic carbocycles. The molecule has 0 saturated carbocycles. The average molecular weight is 369 g/mol. The van der Waals surface area contributed by atoms with Crippen LogP contribution in [0.1, 0.15) is 24.5 Å². The lowest BCUT2D eigenvalue weighted by atomic mass is 10.0. The van der Waals surface area contributed by atoms with Gasteiger partial charge in [0.2, 0.25) is 0 Å². The number of rotatable bonds is 8.